The lowest BCUT2D eigenvalue weighted by Gasteiger charge is -2.26. The predicted molar refractivity (Wildman–Crippen MR) is 54.9 cm³/mol. The van der Waals surface area contributed by atoms with Crippen LogP contribution in [-0.4, -0.2) is 27.3 Å². The van der Waals surface area contributed by atoms with E-state index in [-0.39, 0.29) is 11.5 Å². The molecule has 0 aliphatic rings. The molecule has 0 aliphatic heterocycles. The number of sulfonamides is 1. The van der Waals surface area contributed by atoms with Gasteiger partial charge in [-0.3, -0.25) is 0 Å². The van der Waals surface area contributed by atoms with Crippen LogP contribution in [0.15, 0.2) is 0 Å². The Kier molecular flexibility index (Phi) is 4.35. The van der Waals surface area contributed by atoms with Crippen molar-refractivity contribution in [2.75, 3.05) is 12.8 Å². The Balaban J connectivity index is 4.10. The van der Waals surface area contributed by atoms with Crippen LogP contribution in [0.5, 0.6) is 0 Å². The quantitative estimate of drug-likeness (QED) is 0.682. The molecule has 3 N–H and O–H groups in total. The molecule has 0 rings (SSSR count). The zero-order valence-corrected chi connectivity index (χ0v) is 9.61. The van der Waals surface area contributed by atoms with Crippen LogP contribution < -0.4 is 10.5 Å². The molecule has 0 spiro atoms. The number of hydrogen-bond acceptors (Lipinski definition) is 3. The first-order chi connectivity index (χ1) is 5.66. The van der Waals surface area contributed by atoms with Gasteiger partial charge in [0.25, 0.3) is 0 Å². The van der Waals surface area contributed by atoms with Crippen molar-refractivity contribution in [3.8, 4) is 0 Å². The normalized spacial score (nSPS) is 15.8. The van der Waals surface area contributed by atoms with Crippen molar-refractivity contribution in [3.05, 3.63) is 0 Å². The summed E-state index contributed by atoms with van der Waals surface area (Å²) in [5.41, 5.74) is 5.52. The Morgan fingerprint density at radius 3 is 2.23 bits per heavy atom. The second kappa shape index (κ2) is 4.39. The highest BCUT2D eigenvalue weighted by Gasteiger charge is 2.20. The van der Waals surface area contributed by atoms with Crippen LogP contribution >= 0.6 is 0 Å². The van der Waals surface area contributed by atoms with E-state index in [1.807, 2.05) is 20.8 Å². The molecule has 0 bridgehead atoms. The molecule has 0 amide bonds. The second-order valence-corrected chi connectivity index (χ2v) is 6.14. The minimum absolute atomic E-state index is 0.0168. The molecule has 0 aromatic carbocycles. The summed E-state index contributed by atoms with van der Waals surface area (Å²) in [6, 6.07) is -0.0615. The minimum Gasteiger partial charge on any atom is -0.330 e. The van der Waals surface area contributed by atoms with E-state index in [1.54, 1.807) is 0 Å². The van der Waals surface area contributed by atoms with Crippen LogP contribution in [0.25, 0.3) is 0 Å². The molecule has 0 aromatic rings. The lowest BCUT2D eigenvalue weighted by molar-refractivity contribution is 0.314. The Bertz CT molecular complexity index is 247. The molecule has 1 unspecified atom stereocenters. The van der Waals surface area contributed by atoms with Crippen molar-refractivity contribution in [1.29, 1.82) is 0 Å². The first-order valence-electron chi connectivity index (χ1n) is 4.34. The first-order valence-corrected chi connectivity index (χ1v) is 6.23. The van der Waals surface area contributed by atoms with Gasteiger partial charge in [0, 0.05) is 6.04 Å². The molecule has 0 saturated heterocycles. The molecular weight excluding hydrogens is 188 g/mol. The number of nitrogens with two attached hydrogens (primary N) is 1. The zero-order valence-electron chi connectivity index (χ0n) is 8.79. The third kappa shape index (κ3) is 6.98. The summed E-state index contributed by atoms with van der Waals surface area (Å²) in [4.78, 5) is 0. The minimum atomic E-state index is -3.09. The van der Waals surface area contributed by atoms with Crippen molar-refractivity contribution in [2.45, 2.75) is 33.2 Å². The maximum Gasteiger partial charge on any atom is 0.208 e. The van der Waals surface area contributed by atoms with E-state index in [4.69, 9.17) is 5.73 Å². The molecule has 1 atom stereocenters. The average Bonchev–Trinajstić information content (AvgIpc) is 1.81. The molecule has 0 fully saturated rings. The fraction of sp³-hybridized carbons (Fsp3) is 1.00. The molecule has 13 heavy (non-hydrogen) atoms. The standard InChI is InChI=1S/C8H20N2O2S/c1-7(10-13(4,11)12)5-8(2,3)6-9/h7,10H,5-6,9H2,1-4H3. The van der Waals surface area contributed by atoms with Gasteiger partial charge in [0.15, 0.2) is 0 Å². The molecular formula is C8H20N2O2S. The van der Waals surface area contributed by atoms with Gasteiger partial charge in [-0.2, -0.15) is 0 Å². The van der Waals surface area contributed by atoms with E-state index >= 15 is 0 Å². The molecule has 0 radical (unpaired) electrons. The van der Waals surface area contributed by atoms with Gasteiger partial charge in [-0.25, -0.2) is 13.1 Å². The summed E-state index contributed by atoms with van der Waals surface area (Å²) in [6.45, 7) is 6.45. The highest BCUT2D eigenvalue weighted by Crippen LogP contribution is 2.20. The molecule has 0 saturated carbocycles. The van der Waals surface area contributed by atoms with Gasteiger partial charge in [0.05, 0.1) is 6.26 Å². The van der Waals surface area contributed by atoms with Crippen molar-refractivity contribution in [1.82, 2.24) is 4.72 Å². The molecule has 5 heteroatoms. The predicted octanol–water partition coefficient (Wildman–Crippen LogP) is 0.299. The SMILES string of the molecule is CC(CC(C)(C)CN)NS(C)(=O)=O. The van der Waals surface area contributed by atoms with Crippen LogP contribution in [-0.2, 0) is 10.0 Å². The van der Waals surface area contributed by atoms with Gasteiger partial charge in [-0.15, -0.1) is 0 Å². The number of hydrogen-bond donors (Lipinski definition) is 2. The van der Waals surface area contributed by atoms with Gasteiger partial charge in [0.2, 0.25) is 10.0 Å². The molecule has 80 valence electrons. The highest BCUT2D eigenvalue weighted by molar-refractivity contribution is 7.88. The van der Waals surface area contributed by atoms with Crippen molar-refractivity contribution >= 4 is 10.0 Å². The third-order valence-electron chi connectivity index (χ3n) is 1.83. The van der Waals surface area contributed by atoms with Crippen LogP contribution in [0, 0.1) is 5.41 Å². The summed E-state index contributed by atoms with van der Waals surface area (Å²) in [7, 11) is -3.09. The molecule has 0 heterocycles. The Hall–Kier alpha value is -0.130. The molecule has 0 aliphatic carbocycles. The van der Waals surface area contributed by atoms with E-state index in [0.717, 1.165) is 6.42 Å². The lowest BCUT2D eigenvalue weighted by Crippen LogP contribution is -2.37. The van der Waals surface area contributed by atoms with Gasteiger partial charge in [-0.1, -0.05) is 13.8 Å². The maximum absolute atomic E-state index is 10.9. The summed E-state index contributed by atoms with van der Waals surface area (Å²) in [5, 5.41) is 0. The second-order valence-electron chi connectivity index (χ2n) is 4.36. The monoisotopic (exact) mass is 208 g/mol. The van der Waals surface area contributed by atoms with Gasteiger partial charge in [0.1, 0.15) is 0 Å². The van der Waals surface area contributed by atoms with Gasteiger partial charge >= 0.3 is 0 Å². The number of nitrogens with one attached hydrogen (secondary N) is 1. The third-order valence-corrected chi connectivity index (χ3v) is 2.66. The zero-order chi connectivity index (χ0) is 10.7. The summed E-state index contributed by atoms with van der Waals surface area (Å²) in [6.07, 6.45) is 1.91. The first kappa shape index (κ1) is 12.9. The van der Waals surface area contributed by atoms with E-state index < -0.39 is 10.0 Å². The Morgan fingerprint density at radius 1 is 1.46 bits per heavy atom. The molecule has 4 nitrogen and oxygen atoms in total. The maximum atomic E-state index is 10.9. The molecule has 0 aromatic heterocycles. The van der Waals surface area contributed by atoms with E-state index in [2.05, 4.69) is 4.72 Å². The van der Waals surface area contributed by atoms with Gasteiger partial charge in [-0.05, 0) is 25.3 Å². The fourth-order valence-electron chi connectivity index (χ4n) is 1.32. The van der Waals surface area contributed by atoms with E-state index in [0.29, 0.717) is 6.54 Å². The Morgan fingerprint density at radius 2 is 1.92 bits per heavy atom. The van der Waals surface area contributed by atoms with E-state index in [1.165, 1.54) is 6.26 Å². The van der Waals surface area contributed by atoms with Crippen LogP contribution in [0.4, 0.5) is 0 Å². The summed E-state index contributed by atoms with van der Waals surface area (Å²) >= 11 is 0. The van der Waals surface area contributed by atoms with Crippen molar-refractivity contribution < 1.29 is 8.42 Å². The largest absolute Gasteiger partial charge is 0.330 e. The van der Waals surface area contributed by atoms with E-state index in [9.17, 15) is 8.42 Å². The van der Waals surface area contributed by atoms with Crippen LogP contribution in [0.3, 0.4) is 0 Å². The fourth-order valence-corrected chi connectivity index (χ4v) is 2.13. The number of rotatable bonds is 5. The summed E-state index contributed by atoms with van der Waals surface area (Å²) in [5.74, 6) is 0. The summed E-state index contributed by atoms with van der Waals surface area (Å²) < 4.78 is 24.3. The van der Waals surface area contributed by atoms with Crippen molar-refractivity contribution in [2.24, 2.45) is 11.1 Å². The van der Waals surface area contributed by atoms with Crippen LogP contribution in [0.1, 0.15) is 27.2 Å². The van der Waals surface area contributed by atoms with Gasteiger partial charge < -0.3 is 5.73 Å². The highest BCUT2D eigenvalue weighted by atomic mass is 32.2. The smallest absolute Gasteiger partial charge is 0.208 e. The van der Waals surface area contributed by atoms with Crippen molar-refractivity contribution in [3.63, 3.8) is 0 Å². The average molecular weight is 208 g/mol. The topological polar surface area (TPSA) is 72.2 Å². The van der Waals surface area contributed by atoms with Crippen LogP contribution in [0.2, 0.25) is 0 Å². The lowest BCUT2D eigenvalue weighted by atomic mass is 9.87. The Labute approximate surface area is 80.9 Å².